The third-order valence-corrected chi connectivity index (χ3v) is 3.06. The highest BCUT2D eigenvalue weighted by atomic mass is 35.5. The zero-order chi connectivity index (χ0) is 13.1. The van der Waals surface area contributed by atoms with E-state index in [1.807, 2.05) is 6.92 Å². The van der Waals surface area contributed by atoms with Crippen molar-refractivity contribution in [1.29, 1.82) is 0 Å². The molecule has 18 heavy (non-hydrogen) atoms. The zero-order valence-electron chi connectivity index (χ0n) is 9.54. The first-order valence-corrected chi connectivity index (χ1v) is 5.88. The van der Waals surface area contributed by atoms with Gasteiger partial charge in [-0.1, -0.05) is 29.3 Å². The molecule has 0 fully saturated rings. The van der Waals surface area contributed by atoms with E-state index >= 15 is 0 Å². The largest absolute Gasteiger partial charge is 0.337 e. The van der Waals surface area contributed by atoms with E-state index in [2.05, 4.69) is 20.7 Å². The number of rotatable bonds is 3. The summed E-state index contributed by atoms with van der Waals surface area (Å²) >= 11 is 12.1. The maximum atomic E-state index is 6.07. The number of nitrogens with two attached hydrogens (primary N) is 1. The van der Waals surface area contributed by atoms with Crippen molar-refractivity contribution in [1.82, 2.24) is 9.97 Å². The Kier molecular flexibility index (Phi) is 3.86. The molecular weight excluding hydrogens is 273 g/mol. The summed E-state index contributed by atoms with van der Waals surface area (Å²) in [4.78, 5) is 8.12. The molecule has 7 heteroatoms. The highest BCUT2D eigenvalue weighted by Gasteiger charge is 2.10. The average Bonchev–Trinajstić information content (AvgIpc) is 2.36. The predicted molar refractivity (Wildman–Crippen MR) is 74.3 cm³/mol. The van der Waals surface area contributed by atoms with E-state index in [4.69, 9.17) is 29.0 Å². The van der Waals surface area contributed by atoms with Gasteiger partial charge < -0.3 is 10.7 Å². The van der Waals surface area contributed by atoms with Gasteiger partial charge in [-0.2, -0.15) is 0 Å². The van der Waals surface area contributed by atoms with E-state index in [1.165, 1.54) is 6.33 Å². The number of para-hydroxylation sites is 1. The summed E-state index contributed by atoms with van der Waals surface area (Å²) in [6.07, 6.45) is 1.40. The van der Waals surface area contributed by atoms with Crippen LogP contribution in [0.4, 0.5) is 17.3 Å². The van der Waals surface area contributed by atoms with E-state index in [0.717, 1.165) is 5.56 Å². The average molecular weight is 284 g/mol. The lowest BCUT2D eigenvalue weighted by atomic mass is 10.2. The van der Waals surface area contributed by atoms with Crippen LogP contribution in [-0.2, 0) is 0 Å². The molecule has 1 aromatic heterocycles. The first-order chi connectivity index (χ1) is 8.63. The van der Waals surface area contributed by atoms with Crippen molar-refractivity contribution in [3.63, 3.8) is 0 Å². The molecule has 0 saturated carbocycles. The van der Waals surface area contributed by atoms with Gasteiger partial charge in [-0.15, -0.1) is 0 Å². The van der Waals surface area contributed by atoms with Crippen LogP contribution < -0.4 is 16.6 Å². The maximum Gasteiger partial charge on any atom is 0.148 e. The van der Waals surface area contributed by atoms with Gasteiger partial charge in [-0.25, -0.2) is 15.8 Å². The number of aromatic nitrogens is 2. The molecule has 4 N–H and O–H groups in total. The van der Waals surface area contributed by atoms with Crippen molar-refractivity contribution in [3.8, 4) is 0 Å². The topological polar surface area (TPSA) is 75.9 Å². The Bertz CT molecular complexity index is 553. The Hall–Kier alpha value is -1.56. The minimum Gasteiger partial charge on any atom is -0.337 e. The first-order valence-electron chi connectivity index (χ1n) is 5.12. The van der Waals surface area contributed by atoms with E-state index in [9.17, 15) is 0 Å². The number of nitrogen functional groups attached to an aromatic ring is 1. The number of halogens is 2. The Balaban J connectivity index is 2.40. The summed E-state index contributed by atoms with van der Waals surface area (Å²) in [6, 6.07) is 5.26. The quantitative estimate of drug-likeness (QED) is 0.596. The molecule has 0 aliphatic carbocycles. The molecule has 0 spiro atoms. The molecule has 2 rings (SSSR count). The zero-order valence-corrected chi connectivity index (χ0v) is 11.0. The maximum absolute atomic E-state index is 6.07. The standard InChI is InChI=1S/C11H11Cl2N5/c1-6-10(15-5-16-11(6)18-14)17-9-7(12)3-2-4-8(9)13/h2-5H,14H2,1H3,(H2,15,16,17,18). The van der Waals surface area contributed by atoms with Gasteiger partial charge in [0.1, 0.15) is 18.0 Å². The summed E-state index contributed by atoms with van der Waals surface area (Å²) in [5.41, 5.74) is 3.87. The fourth-order valence-corrected chi connectivity index (χ4v) is 1.95. The van der Waals surface area contributed by atoms with Crippen LogP contribution in [0.5, 0.6) is 0 Å². The lowest BCUT2D eigenvalue weighted by Crippen LogP contribution is -2.11. The van der Waals surface area contributed by atoms with Crippen LogP contribution in [0.1, 0.15) is 5.56 Å². The molecule has 0 radical (unpaired) electrons. The van der Waals surface area contributed by atoms with Crippen LogP contribution in [0, 0.1) is 6.92 Å². The first kappa shape index (κ1) is 12.9. The Morgan fingerprint density at radius 1 is 1.11 bits per heavy atom. The molecule has 0 aliphatic rings. The summed E-state index contributed by atoms with van der Waals surface area (Å²) < 4.78 is 0. The Morgan fingerprint density at radius 3 is 2.33 bits per heavy atom. The smallest absolute Gasteiger partial charge is 0.148 e. The predicted octanol–water partition coefficient (Wildman–Crippen LogP) is 3.12. The second kappa shape index (κ2) is 5.39. The SMILES string of the molecule is Cc1c(NN)ncnc1Nc1c(Cl)cccc1Cl. The highest BCUT2D eigenvalue weighted by Crippen LogP contribution is 2.33. The van der Waals surface area contributed by atoms with Gasteiger partial charge in [0.15, 0.2) is 0 Å². The molecule has 5 nitrogen and oxygen atoms in total. The van der Waals surface area contributed by atoms with E-state index in [1.54, 1.807) is 18.2 Å². The minimum atomic E-state index is 0.516. The lowest BCUT2D eigenvalue weighted by molar-refractivity contribution is 1.11. The number of benzene rings is 1. The molecule has 2 aromatic rings. The fraction of sp³-hybridized carbons (Fsp3) is 0.0909. The second-order valence-corrected chi connectivity index (χ2v) is 4.38. The molecule has 0 unspecified atom stereocenters. The van der Waals surface area contributed by atoms with Crippen molar-refractivity contribution < 1.29 is 0 Å². The van der Waals surface area contributed by atoms with E-state index in [0.29, 0.717) is 27.4 Å². The van der Waals surface area contributed by atoms with Crippen LogP contribution in [0.15, 0.2) is 24.5 Å². The van der Waals surface area contributed by atoms with Crippen molar-refractivity contribution in [3.05, 3.63) is 40.1 Å². The van der Waals surface area contributed by atoms with Crippen LogP contribution in [0.2, 0.25) is 10.0 Å². The van der Waals surface area contributed by atoms with Crippen LogP contribution in [0.25, 0.3) is 0 Å². The van der Waals surface area contributed by atoms with Gasteiger partial charge in [0.25, 0.3) is 0 Å². The van der Waals surface area contributed by atoms with Gasteiger partial charge in [-0.3, -0.25) is 0 Å². The number of hydrogen-bond acceptors (Lipinski definition) is 5. The molecule has 0 bridgehead atoms. The molecule has 94 valence electrons. The van der Waals surface area contributed by atoms with Gasteiger partial charge in [-0.05, 0) is 19.1 Å². The van der Waals surface area contributed by atoms with Gasteiger partial charge in [0.2, 0.25) is 0 Å². The summed E-state index contributed by atoms with van der Waals surface area (Å²) in [5.74, 6) is 6.48. The van der Waals surface area contributed by atoms with Crippen LogP contribution in [-0.4, -0.2) is 9.97 Å². The van der Waals surface area contributed by atoms with Crippen LogP contribution >= 0.6 is 23.2 Å². The minimum absolute atomic E-state index is 0.516. The third-order valence-electron chi connectivity index (χ3n) is 2.43. The van der Waals surface area contributed by atoms with E-state index in [-0.39, 0.29) is 0 Å². The van der Waals surface area contributed by atoms with Crippen LogP contribution in [0.3, 0.4) is 0 Å². The molecule has 0 atom stereocenters. The second-order valence-electron chi connectivity index (χ2n) is 3.56. The van der Waals surface area contributed by atoms with Crippen molar-refractivity contribution in [2.75, 3.05) is 10.7 Å². The fourth-order valence-electron chi connectivity index (χ4n) is 1.46. The Labute approximate surface area is 114 Å². The molecule has 0 amide bonds. The van der Waals surface area contributed by atoms with E-state index < -0.39 is 0 Å². The molecule has 0 aliphatic heterocycles. The number of hydrazine groups is 1. The molecule has 1 aromatic carbocycles. The van der Waals surface area contributed by atoms with Crippen molar-refractivity contribution in [2.24, 2.45) is 5.84 Å². The third kappa shape index (κ3) is 2.48. The van der Waals surface area contributed by atoms with Crippen molar-refractivity contribution >= 4 is 40.5 Å². The highest BCUT2D eigenvalue weighted by molar-refractivity contribution is 6.39. The van der Waals surface area contributed by atoms with Gasteiger partial charge >= 0.3 is 0 Å². The number of nitrogens with one attached hydrogen (secondary N) is 2. The molecule has 1 heterocycles. The summed E-state index contributed by atoms with van der Waals surface area (Å²) in [5, 5.41) is 4.11. The van der Waals surface area contributed by atoms with Crippen molar-refractivity contribution in [2.45, 2.75) is 6.92 Å². The Morgan fingerprint density at radius 2 is 1.72 bits per heavy atom. The molecule has 0 saturated heterocycles. The normalized spacial score (nSPS) is 10.2. The van der Waals surface area contributed by atoms with Gasteiger partial charge in [0.05, 0.1) is 15.7 Å². The number of nitrogens with zero attached hydrogens (tertiary/aromatic N) is 2. The summed E-state index contributed by atoms with van der Waals surface area (Å²) in [6.45, 7) is 1.84. The summed E-state index contributed by atoms with van der Waals surface area (Å²) in [7, 11) is 0. The molecular formula is C11H11Cl2N5. The number of anilines is 3. The lowest BCUT2D eigenvalue weighted by Gasteiger charge is -2.13. The monoisotopic (exact) mass is 283 g/mol. The van der Waals surface area contributed by atoms with Gasteiger partial charge in [0, 0.05) is 5.56 Å². The number of hydrogen-bond donors (Lipinski definition) is 3.